The van der Waals surface area contributed by atoms with Crippen molar-refractivity contribution in [3.05, 3.63) is 34.7 Å². The van der Waals surface area contributed by atoms with Crippen LogP contribution in [-0.2, 0) is 23.6 Å². The Balaban J connectivity index is 1.71. The largest absolute Gasteiger partial charge is 0.329 e. The van der Waals surface area contributed by atoms with Gasteiger partial charge in [-0.25, -0.2) is 13.2 Å². The molecule has 0 spiro atoms. The summed E-state index contributed by atoms with van der Waals surface area (Å²) in [4.78, 5) is 14.8. The Kier molecular flexibility index (Phi) is 3.39. The highest BCUT2D eigenvalue weighted by atomic mass is 32.2. The lowest BCUT2D eigenvalue weighted by Crippen LogP contribution is -2.41. The molecule has 6 nitrogen and oxygen atoms in total. The van der Waals surface area contributed by atoms with Crippen LogP contribution < -0.4 is 5.69 Å². The molecular weight excluding hydrogens is 314 g/mol. The van der Waals surface area contributed by atoms with Crippen LogP contribution in [0.2, 0.25) is 0 Å². The third-order valence-electron chi connectivity index (χ3n) is 5.05. The molecule has 4 rings (SSSR count). The molecule has 1 saturated carbocycles. The third kappa shape index (κ3) is 2.61. The van der Waals surface area contributed by atoms with Crippen molar-refractivity contribution in [2.45, 2.75) is 38.0 Å². The van der Waals surface area contributed by atoms with Crippen molar-refractivity contribution in [3.8, 4) is 0 Å². The first-order valence-electron chi connectivity index (χ1n) is 8.07. The van der Waals surface area contributed by atoms with Crippen LogP contribution in [0.3, 0.4) is 0 Å². The van der Waals surface area contributed by atoms with E-state index in [-0.39, 0.29) is 23.2 Å². The normalized spacial score (nSPS) is 23.8. The number of hydrogen-bond donors (Lipinski definition) is 0. The number of aryl methyl sites for hydroxylation is 1. The molecule has 1 aromatic carbocycles. The SMILES string of the molecule is Cn1c(=O)n(CN(C2CC2)[C@@H]2CCS(=O)(=O)C2)c2ccccc21. The fourth-order valence-electron chi connectivity index (χ4n) is 3.64. The highest BCUT2D eigenvalue weighted by Gasteiger charge is 2.40. The Morgan fingerprint density at radius 3 is 2.43 bits per heavy atom. The number of imidazole rings is 1. The molecule has 1 aromatic heterocycles. The number of aromatic nitrogens is 2. The second-order valence-corrected chi connectivity index (χ2v) is 8.93. The van der Waals surface area contributed by atoms with Gasteiger partial charge in [0.05, 0.1) is 29.2 Å². The lowest BCUT2D eigenvalue weighted by atomic mass is 10.2. The van der Waals surface area contributed by atoms with Gasteiger partial charge in [-0.2, -0.15) is 0 Å². The average molecular weight is 335 g/mol. The molecule has 124 valence electrons. The molecule has 0 unspecified atom stereocenters. The van der Waals surface area contributed by atoms with Gasteiger partial charge in [0, 0.05) is 19.1 Å². The molecular formula is C16H21N3O3S. The minimum atomic E-state index is -2.92. The summed E-state index contributed by atoms with van der Waals surface area (Å²) in [5.41, 5.74) is 1.77. The molecule has 1 saturated heterocycles. The Labute approximate surface area is 135 Å². The van der Waals surface area contributed by atoms with E-state index in [0.717, 1.165) is 23.9 Å². The second kappa shape index (κ2) is 5.21. The summed E-state index contributed by atoms with van der Waals surface area (Å²) in [5, 5.41) is 0. The third-order valence-corrected chi connectivity index (χ3v) is 6.80. The van der Waals surface area contributed by atoms with Gasteiger partial charge in [0.1, 0.15) is 0 Å². The maximum atomic E-state index is 12.6. The first-order chi connectivity index (χ1) is 11.0. The molecule has 0 radical (unpaired) electrons. The molecule has 1 aliphatic heterocycles. The smallest absolute Gasteiger partial charge is 0.295 e. The van der Waals surface area contributed by atoms with Crippen molar-refractivity contribution in [2.75, 3.05) is 11.5 Å². The zero-order valence-corrected chi connectivity index (χ0v) is 14.0. The predicted molar refractivity (Wildman–Crippen MR) is 89.1 cm³/mol. The Bertz CT molecular complexity index is 908. The van der Waals surface area contributed by atoms with Gasteiger partial charge < -0.3 is 0 Å². The Hall–Kier alpha value is -1.60. The molecule has 2 aliphatic rings. The zero-order valence-electron chi connectivity index (χ0n) is 13.2. The van der Waals surface area contributed by atoms with E-state index in [4.69, 9.17) is 0 Å². The molecule has 0 bridgehead atoms. The molecule has 1 atom stereocenters. The van der Waals surface area contributed by atoms with E-state index in [9.17, 15) is 13.2 Å². The molecule has 2 fully saturated rings. The number of sulfone groups is 1. The van der Waals surface area contributed by atoms with Gasteiger partial charge in [-0.05, 0) is 31.4 Å². The summed E-state index contributed by atoms with van der Waals surface area (Å²) >= 11 is 0. The van der Waals surface area contributed by atoms with Gasteiger partial charge in [-0.1, -0.05) is 12.1 Å². The van der Waals surface area contributed by atoms with E-state index < -0.39 is 9.84 Å². The quantitative estimate of drug-likeness (QED) is 0.834. The predicted octanol–water partition coefficient (Wildman–Crippen LogP) is 0.949. The molecule has 0 N–H and O–H groups in total. The van der Waals surface area contributed by atoms with Crippen molar-refractivity contribution in [1.29, 1.82) is 0 Å². The van der Waals surface area contributed by atoms with E-state index in [2.05, 4.69) is 4.90 Å². The average Bonchev–Trinajstić information content (AvgIpc) is 3.26. The maximum absolute atomic E-state index is 12.6. The fraction of sp³-hybridized carbons (Fsp3) is 0.562. The van der Waals surface area contributed by atoms with Crippen molar-refractivity contribution in [2.24, 2.45) is 7.05 Å². The van der Waals surface area contributed by atoms with Crippen LogP contribution in [0.5, 0.6) is 0 Å². The van der Waals surface area contributed by atoms with Gasteiger partial charge >= 0.3 is 5.69 Å². The summed E-state index contributed by atoms with van der Waals surface area (Å²) < 4.78 is 27.1. The molecule has 0 amide bonds. The van der Waals surface area contributed by atoms with Crippen LogP contribution in [-0.4, -0.2) is 46.0 Å². The highest BCUT2D eigenvalue weighted by molar-refractivity contribution is 7.91. The van der Waals surface area contributed by atoms with Crippen molar-refractivity contribution in [3.63, 3.8) is 0 Å². The van der Waals surface area contributed by atoms with Gasteiger partial charge in [-0.15, -0.1) is 0 Å². The van der Waals surface area contributed by atoms with Crippen LogP contribution in [0.4, 0.5) is 0 Å². The van der Waals surface area contributed by atoms with E-state index in [1.54, 1.807) is 16.2 Å². The molecule has 2 heterocycles. The monoisotopic (exact) mass is 335 g/mol. The van der Waals surface area contributed by atoms with Crippen molar-refractivity contribution in [1.82, 2.24) is 14.0 Å². The van der Waals surface area contributed by atoms with Gasteiger partial charge in [-0.3, -0.25) is 14.0 Å². The summed E-state index contributed by atoms with van der Waals surface area (Å²) in [6.45, 7) is 0.477. The molecule has 7 heteroatoms. The number of para-hydroxylation sites is 2. The molecule has 1 aliphatic carbocycles. The van der Waals surface area contributed by atoms with Crippen molar-refractivity contribution >= 4 is 20.9 Å². The van der Waals surface area contributed by atoms with Gasteiger partial charge in [0.25, 0.3) is 0 Å². The first kappa shape index (κ1) is 15.0. The van der Waals surface area contributed by atoms with E-state index in [1.807, 2.05) is 24.3 Å². The number of nitrogens with zero attached hydrogens (tertiary/aromatic N) is 3. The molecule has 2 aromatic rings. The van der Waals surface area contributed by atoms with Gasteiger partial charge in [0.15, 0.2) is 9.84 Å². The lowest BCUT2D eigenvalue weighted by Gasteiger charge is -2.28. The van der Waals surface area contributed by atoms with E-state index in [0.29, 0.717) is 19.1 Å². The fourth-order valence-corrected chi connectivity index (χ4v) is 5.38. The summed E-state index contributed by atoms with van der Waals surface area (Å²) in [6.07, 6.45) is 2.87. The van der Waals surface area contributed by atoms with Crippen LogP contribution in [0.15, 0.2) is 29.1 Å². The van der Waals surface area contributed by atoms with E-state index >= 15 is 0 Å². The highest BCUT2D eigenvalue weighted by Crippen LogP contribution is 2.32. The molecule has 23 heavy (non-hydrogen) atoms. The number of hydrogen-bond acceptors (Lipinski definition) is 4. The van der Waals surface area contributed by atoms with Crippen molar-refractivity contribution < 1.29 is 8.42 Å². The minimum Gasteiger partial charge on any atom is -0.295 e. The lowest BCUT2D eigenvalue weighted by molar-refractivity contribution is 0.154. The van der Waals surface area contributed by atoms with Crippen LogP contribution in [0.25, 0.3) is 11.0 Å². The van der Waals surface area contributed by atoms with Crippen LogP contribution >= 0.6 is 0 Å². The topological polar surface area (TPSA) is 64.3 Å². The summed E-state index contributed by atoms with van der Waals surface area (Å²) in [7, 11) is -1.14. The van der Waals surface area contributed by atoms with Crippen LogP contribution in [0.1, 0.15) is 19.3 Å². The Morgan fingerprint density at radius 2 is 1.83 bits per heavy atom. The second-order valence-electron chi connectivity index (χ2n) is 6.70. The zero-order chi connectivity index (χ0) is 16.2. The standard InChI is InChI=1S/C16H21N3O3S/c1-17-14-4-2-3-5-15(14)19(16(17)20)11-18(12-6-7-12)13-8-9-23(21,22)10-13/h2-5,12-13H,6-11H2,1H3/t13-/m1/s1. The van der Waals surface area contributed by atoms with Crippen LogP contribution in [0, 0.1) is 0 Å². The number of rotatable bonds is 4. The number of benzene rings is 1. The maximum Gasteiger partial charge on any atom is 0.329 e. The first-order valence-corrected chi connectivity index (χ1v) is 9.89. The Morgan fingerprint density at radius 1 is 1.13 bits per heavy atom. The summed E-state index contributed by atoms with van der Waals surface area (Å²) in [5.74, 6) is 0.494. The number of fused-ring (bicyclic) bond motifs is 1. The van der Waals surface area contributed by atoms with Gasteiger partial charge in [0.2, 0.25) is 0 Å². The van der Waals surface area contributed by atoms with E-state index in [1.165, 1.54) is 0 Å². The minimum absolute atomic E-state index is 0.0402. The summed E-state index contributed by atoms with van der Waals surface area (Å²) in [6, 6.07) is 8.20.